The summed E-state index contributed by atoms with van der Waals surface area (Å²) in [7, 11) is 3.25. The van der Waals surface area contributed by atoms with Gasteiger partial charge in [0.25, 0.3) is 5.56 Å². The molecule has 0 aliphatic heterocycles. The fourth-order valence-corrected chi connectivity index (χ4v) is 4.85. The number of aromatic amines is 1. The molecule has 0 fully saturated rings. The Morgan fingerprint density at radius 3 is 2.53 bits per heavy atom. The predicted molar refractivity (Wildman–Crippen MR) is 136 cm³/mol. The van der Waals surface area contributed by atoms with Gasteiger partial charge in [-0.25, -0.2) is 9.55 Å². The Balaban J connectivity index is 1.68. The predicted octanol–water partition coefficient (Wildman–Crippen LogP) is 5.69. The first-order valence-corrected chi connectivity index (χ1v) is 11.8. The van der Waals surface area contributed by atoms with Crippen LogP contribution in [0.25, 0.3) is 27.8 Å². The van der Waals surface area contributed by atoms with Gasteiger partial charge < -0.3 is 14.5 Å². The number of nitrogens with zero attached hydrogens (tertiary/aromatic N) is 2. The van der Waals surface area contributed by atoms with E-state index in [0.29, 0.717) is 33.4 Å². The Morgan fingerprint density at radius 2 is 1.74 bits per heavy atom. The summed E-state index contributed by atoms with van der Waals surface area (Å²) < 4.78 is 12.5. The van der Waals surface area contributed by atoms with Crippen LogP contribution in [-0.4, -0.2) is 28.8 Å². The topological polar surface area (TPSA) is 69.1 Å². The molecule has 0 aliphatic rings. The van der Waals surface area contributed by atoms with Gasteiger partial charge in [-0.2, -0.15) is 0 Å². The van der Waals surface area contributed by atoms with E-state index >= 15 is 0 Å². The second-order valence-electron chi connectivity index (χ2n) is 7.64. The Hall–Kier alpha value is -3.97. The zero-order valence-corrected chi connectivity index (χ0v) is 19.6. The quantitative estimate of drug-likeness (QED) is 0.245. The van der Waals surface area contributed by atoms with E-state index in [1.807, 2.05) is 85.1 Å². The van der Waals surface area contributed by atoms with Crippen LogP contribution in [0.1, 0.15) is 5.56 Å². The zero-order chi connectivity index (χ0) is 23.5. The van der Waals surface area contributed by atoms with Crippen LogP contribution in [-0.2, 0) is 5.75 Å². The maximum Gasteiger partial charge on any atom is 0.283 e. The molecule has 6 nitrogen and oxygen atoms in total. The first kappa shape index (κ1) is 21.9. The Morgan fingerprint density at radius 1 is 0.941 bits per heavy atom. The SMILES string of the molecule is COc1cccc(CSc2nc3c(-c4ccccc4)c[nH]c3c(=O)n2-c2ccccc2OC)c1. The molecule has 2 heterocycles. The highest BCUT2D eigenvalue weighted by Gasteiger charge is 2.20. The van der Waals surface area contributed by atoms with Gasteiger partial charge >= 0.3 is 0 Å². The van der Waals surface area contributed by atoms with Gasteiger partial charge in [0.05, 0.1) is 19.9 Å². The van der Waals surface area contributed by atoms with E-state index in [1.165, 1.54) is 11.8 Å². The molecule has 170 valence electrons. The van der Waals surface area contributed by atoms with Crippen LogP contribution in [0.4, 0.5) is 0 Å². The summed E-state index contributed by atoms with van der Waals surface area (Å²) in [6, 6.07) is 25.3. The first-order valence-electron chi connectivity index (χ1n) is 10.8. The lowest BCUT2D eigenvalue weighted by Crippen LogP contribution is -2.22. The minimum atomic E-state index is -0.176. The molecule has 0 atom stereocenters. The molecule has 34 heavy (non-hydrogen) atoms. The number of hydrogen-bond acceptors (Lipinski definition) is 5. The van der Waals surface area contributed by atoms with E-state index < -0.39 is 0 Å². The van der Waals surface area contributed by atoms with Crippen molar-refractivity contribution in [1.82, 2.24) is 14.5 Å². The smallest absolute Gasteiger partial charge is 0.283 e. The molecule has 7 heteroatoms. The van der Waals surface area contributed by atoms with Gasteiger partial charge in [0.15, 0.2) is 5.16 Å². The van der Waals surface area contributed by atoms with E-state index in [9.17, 15) is 4.79 Å². The van der Waals surface area contributed by atoms with Gasteiger partial charge in [0.2, 0.25) is 0 Å². The van der Waals surface area contributed by atoms with Crippen molar-refractivity contribution >= 4 is 22.8 Å². The number of para-hydroxylation sites is 2. The van der Waals surface area contributed by atoms with E-state index in [4.69, 9.17) is 14.5 Å². The summed E-state index contributed by atoms with van der Waals surface area (Å²) in [5.74, 6) is 2.01. The van der Waals surface area contributed by atoms with E-state index in [2.05, 4.69) is 4.98 Å². The Kier molecular flexibility index (Phi) is 6.10. The minimum absolute atomic E-state index is 0.176. The number of benzene rings is 3. The van der Waals surface area contributed by atoms with Gasteiger partial charge in [-0.15, -0.1) is 0 Å². The summed E-state index contributed by atoms with van der Waals surface area (Å²) in [4.78, 5) is 21.9. The van der Waals surface area contributed by atoms with Gasteiger partial charge in [0.1, 0.15) is 22.5 Å². The van der Waals surface area contributed by atoms with Crippen LogP contribution in [0, 0.1) is 0 Å². The standard InChI is InChI=1S/C27H23N3O3S/c1-32-20-12-8-9-18(15-20)17-34-27-29-24-21(19-10-4-3-5-11-19)16-28-25(24)26(31)30(27)22-13-6-7-14-23(22)33-2/h3-16,28H,17H2,1-2H3. The molecule has 0 radical (unpaired) electrons. The molecule has 2 aromatic heterocycles. The highest BCUT2D eigenvalue weighted by atomic mass is 32.2. The van der Waals surface area contributed by atoms with Crippen molar-refractivity contribution < 1.29 is 9.47 Å². The molecule has 0 aliphatic carbocycles. The molecule has 1 N–H and O–H groups in total. The van der Waals surface area contributed by atoms with Gasteiger partial charge in [0, 0.05) is 17.5 Å². The van der Waals surface area contributed by atoms with Crippen LogP contribution >= 0.6 is 11.8 Å². The third kappa shape index (κ3) is 4.06. The summed E-state index contributed by atoms with van der Waals surface area (Å²) in [5, 5.41) is 0.585. The zero-order valence-electron chi connectivity index (χ0n) is 18.8. The highest BCUT2D eigenvalue weighted by molar-refractivity contribution is 7.98. The molecule has 0 amide bonds. The van der Waals surface area contributed by atoms with Crippen LogP contribution in [0.15, 0.2) is 95.0 Å². The second-order valence-corrected chi connectivity index (χ2v) is 8.58. The van der Waals surface area contributed by atoms with Crippen molar-refractivity contribution in [1.29, 1.82) is 0 Å². The Bertz CT molecular complexity index is 1510. The van der Waals surface area contributed by atoms with E-state index in [0.717, 1.165) is 22.4 Å². The maximum atomic E-state index is 13.8. The van der Waals surface area contributed by atoms with Crippen LogP contribution < -0.4 is 15.0 Å². The average Bonchev–Trinajstić information content (AvgIpc) is 3.32. The summed E-state index contributed by atoms with van der Waals surface area (Å²) in [5.41, 5.74) is 4.54. The number of nitrogens with one attached hydrogen (secondary N) is 1. The largest absolute Gasteiger partial charge is 0.497 e. The van der Waals surface area contributed by atoms with Crippen LogP contribution in [0.5, 0.6) is 11.5 Å². The van der Waals surface area contributed by atoms with Crippen molar-refractivity contribution in [2.45, 2.75) is 10.9 Å². The minimum Gasteiger partial charge on any atom is -0.497 e. The lowest BCUT2D eigenvalue weighted by Gasteiger charge is -2.15. The van der Waals surface area contributed by atoms with E-state index in [-0.39, 0.29) is 5.56 Å². The molecular weight excluding hydrogens is 446 g/mol. The third-order valence-electron chi connectivity index (χ3n) is 5.58. The third-order valence-corrected chi connectivity index (χ3v) is 6.59. The molecule has 5 rings (SSSR count). The monoisotopic (exact) mass is 469 g/mol. The van der Waals surface area contributed by atoms with Crippen molar-refractivity contribution in [2.24, 2.45) is 0 Å². The van der Waals surface area contributed by atoms with Crippen molar-refractivity contribution in [3.8, 4) is 28.3 Å². The molecule has 3 aromatic carbocycles. The lowest BCUT2D eigenvalue weighted by atomic mass is 10.1. The number of H-pyrrole nitrogens is 1. The molecular formula is C27H23N3O3S. The van der Waals surface area contributed by atoms with Crippen molar-refractivity contribution in [2.75, 3.05) is 14.2 Å². The molecule has 0 saturated carbocycles. The van der Waals surface area contributed by atoms with Crippen molar-refractivity contribution in [3.05, 3.63) is 101 Å². The number of fused-ring (bicyclic) bond motifs is 1. The molecule has 0 saturated heterocycles. The number of methoxy groups -OCH3 is 2. The average molecular weight is 470 g/mol. The molecule has 0 spiro atoms. The van der Waals surface area contributed by atoms with Crippen molar-refractivity contribution in [3.63, 3.8) is 0 Å². The van der Waals surface area contributed by atoms with E-state index in [1.54, 1.807) is 18.8 Å². The maximum absolute atomic E-state index is 13.8. The number of ether oxygens (including phenoxy) is 2. The number of rotatable bonds is 7. The summed E-state index contributed by atoms with van der Waals surface area (Å²) in [6.45, 7) is 0. The Labute approximate surface area is 201 Å². The molecule has 0 unspecified atom stereocenters. The van der Waals surface area contributed by atoms with Crippen LogP contribution in [0.2, 0.25) is 0 Å². The fourth-order valence-electron chi connectivity index (χ4n) is 3.91. The first-order chi connectivity index (χ1) is 16.7. The number of thioether (sulfide) groups is 1. The highest BCUT2D eigenvalue weighted by Crippen LogP contribution is 2.32. The van der Waals surface area contributed by atoms with Gasteiger partial charge in [-0.3, -0.25) is 4.79 Å². The normalized spacial score (nSPS) is 11.0. The number of hydrogen-bond donors (Lipinski definition) is 1. The van der Waals surface area contributed by atoms with Gasteiger partial charge in [-0.05, 0) is 35.4 Å². The van der Waals surface area contributed by atoms with Crippen LogP contribution in [0.3, 0.4) is 0 Å². The van der Waals surface area contributed by atoms with Gasteiger partial charge in [-0.1, -0.05) is 66.4 Å². The number of aromatic nitrogens is 3. The second kappa shape index (κ2) is 9.49. The summed E-state index contributed by atoms with van der Waals surface area (Å²) in [6.07, 6.45) is 1.84. The fraction of sp³-hybridized carbons (Fsp3) is 0.111. The molecule has 5 aromatic rings. The molecule has 0 bridgehead atoms. The summed E-state index contributed by atoms with van der Waals surface area (Å²) >= 11 is 1.50. The lowest BCUT2D eigenvalue weighted by molar-refractivity contribution is 0.411.